The molecule has 0 saturated carbocycles. The molecule has 1 aliphatic rings. The van der Waals surface area contributed by atoms with Gasteiger partial charge in [-0.2, -0.15) is 0 Å². The van der Waals surface area contributed by atoms with Gasteiger partial charge < -0.3 is 15.1 Å². The van der Waals surface area contributed by atoms with Crippen LogP contribution in [0.25, 0.3) is 11.0 Å². The average molecular weight is 286 g/mol. The topological polar surface area (TPSA) is 76.5 Å². The van der Waals surface area contributed by atoms with Crippen molar-refractivity contribution in [1.82, 2.24) is 4.90 Å². The summed E-state index contributed by atoms with van der Waals surface area (Å²) >= 11 is 0. The van der Waals surface area contributed by atoms with Gasteiger partial charge in [-0.3, -0.25) is 9.59 Å². The summed E-state index contributed by atoms with van der Waals surface area (Å²) in [5.41, 5.74) is 6.20. The van der Waals surface area contributed by atoms with E-state index < -0.39 is 0 Å². The van der Waals surface area contributed by atoms with Gasteiger partial charge in [0.15, 0.2) is 11.2 Å². The number of rotatable bonds is 1. The lowest BCUT2D eigenvalue weighted by molar-refractivity contribution is 0.0629. The van der Waals surface area contributed by atoms with Gasteiger partial charge >= 0.3 is 0 Å². The number of piperidine rings is 1. The van der Waals surface area contributed by atoms with Crippen LogP contribution in [0.15, 0.2) is 39.5 Å². The van der Waals surface area contributed by atoms with Gasteiger partial charge in [0.05, 0.1) is 5.39 Å². The van der Waals surface area contributed by atoms with Crippen molar-refractivity contribution in [2.75, 3.05) is 13.1 Å². The third-order valence-corrected chi connectivity index (χ3v) is 3.82. The van der Waals surface area contributed by atoms with E-state index in [9.17, 15) is 9.59 Å². The van der Waals surface area contributed by atoms with Crippen LogP contribution in [0.4, 0.5) is 0 Å². The molecule has 0 bridgehead atoms. The Hall–Kier alpha value is -2.14. The lowest BCUT2D eigenvalue weighted by Gasteiger charge is -2.34. The van der Waals surface area contributed by atoms with E-state index in [4.69, 9.17) is 10.2 Å². The SMILES string of the molecule is CC1CC(N)CN(C(=O)c2cc(=O)c3ccccc3o2)C1. The van der Waals surface area contributed by atoms with Crippen molar-refractivity contribution in [2.45, 2.75) is 19.4 Å². The van der Waals surface area contributed by atoms with Crippen LogP contribution in [-0.4, -0.2) is 29.9 Å². The lowest BCUT2D eigenvalue weighted by Crippen LogP contribution is -2.48. The van der Waals surface area contributed by atoms with E-state index in [-0.39, 0.29) is 23.1 Å². The maximum absolute atomic E-state index is 12.5. The molecule has 2 N–H and O–H groups in total. The largest absolute Gasteiger partial charge is 0.451 e. The molecule has 0 aliphatic carbocycles. The van der Waals surface area contributed by atoms with E-state index in [1.54, 1.807) is 29.2 Å². The number of fused-ring (bicyclic) bond motifs is 1. The van der Waals surface area contributed by atoms with Crippen LogP contribution in [0.3, 0.4) is 0 Å². The van der Waals surface area contributed by atoms with Crippen molar-refractivity contribution in [3.05, 3.63) is 46.3 Å². The van der Waals surface area contributed by atoms with Crippen molar-refractivity contribution in [3.8, 4) is 0 Å². The van der Waals surface area contributed by atoms with E-state index >= 15 is 0 Å². The molecule has 110 valence electrons. The Labute approximate surface area is 122 Å². The number of nitrogens with two attached hydrogens (primary N) is 1. The van der Waals surface area contributed by atoms with Crippen LogP contribution < -0.4 is 11.2 Å². The van der Waals surface area contributed by atoms with E-state index in [0.29, 0.717) is 30.0 Å². The number of hydrogen-bond donors (Lipinski definition) is 1. The zero-order valence-corrected chi connectivity index (χ0v) is 11.9. The molecule has 2 unspecified atom stereocenters. The van der Waals surface area contributed by atoms with Gasteiger partial charge in [0.1, 0.15) is 5.58 Å². The van der Waals surface area contributed by atoms with E-state index in [1.165, 1.54) is 6.07 Å². The molecule has 2 aromatic rings. The first-order valence-corrected chi connectivity index (χ1v) is 7.12. The smallest absolute Gasteiger partial charge is 0.289 e. The number of carbonyl (C=O) groups excluding carboxylic acids is 1. The molecule has 0 spiro atoms. The van der Waals surface area contributed by atoms with Gasteiger partial charge in [0.25, 0.3) is 5.91 Å². The highest BCUT2D eigenvalue weighted by molar-refractivity contribution is 5.93. The normalized spacial score (nSPS) is 22.5. The molecule has 1 aromatic carbocycles. The van der Waals surface area contributed by atoms with Crippen LogP contribution in [-0.2, 0) is 0 Å². The van der Waals surface area contributed by atoms with Gasteiger partial charge in [0, 0.05) is 25.2 Å². The van der Waals surface area contributed by atoms with Crippen molar-refractivity contribution in [2.24, 2.45) is 11.7 Å². The number of nitrogens with zero attached hydrogens (tertiary/aromatic N) is 1. The van der Waals surface area contributed by atoms with Gasteiger partial charge in [-0.05, 0) is 24.5 Å². The lowest BCUT2D eigenvalue weighted by atomic mass is 9.96. The fourth-order valence-corrected chi connectivity index (χ4v) is 2.93. The average Bonchev–Trinajstić information content (AvgIpc) is 2.45. The van der Waals surface area contributed by atoms with Gasteiger partial charge in [0.2, 0.25) is 0 Å². The van der Waals surface area contributed by atoms with Crippen LogP contribution in [0.2, 0.25) is 0 Å². The molecular formula is C16H18N2O3. The Morgan fingerprint density at radius 2 is 2.10 bits per heavy atom. The van der Waals surface area contributed by atoms with Gasteiger partial charge in [-0.15, -0.1) is 0 Å². The maximum Gasteiger partial charge on any atom is 0.289 e. The zero-order valence-electron chi connectivity index (χ0n) is 11.9. The Kier molecular flexibility index (Phi) is 3.51. The second-order valence-corrected chi connectivity index (χ2v) is 5.78. The molecule has 1 fully saturated rings. The molecule has 3 rings (SSSR count). The molecule has 21 heavy (non-hydrogen) atoms. The summed E-state index contributed by atoms with van der Waals surface area (Å²) in [6.45, 7) is 3.21. The minimum absolute atomic E-state index is 0.0233. The van der Waals surface area contributed by atoms with Crippen LogP contribution in [0.5, 0.6) is 0 Å². The number of benzene rings is 1. The summed E-state index contributed by atoms with van der Waals surface area (Å²) in [5.74, 6) is 0.171. The molecule has 1 aromatic heterocycles. The van der Waals surface area contributed by atoms with Crippen molar-refractivity contribution in [1.29, 1.82) is 0 Å². The number of para-hydroxylation sites is 1. The minimum atomic E-state index is -0.264. The maximum atomic E-state index is 12.5. The summed E-state index contributed by atoms with van der Waals surface area (Å²) in [6.07, 6.45) is 0.908. The first kappa shape index (κ1) is 13.8. The predicted octanol–water partition coefficient (Wildman–Crippen LogP) is 1.60. The molecule has 5 nitrogen and oxygen atoms in total. The van der Waals surface area contributed by atoms with Crippen molar-refractivity contribution < 1.29 is 9.21 Å². The Balaban J connectivity index is 1.96. The van der Waals surface area contributed by atoms with Crippen molar-refractivity contribution >= 4 is 16.9 Å². The summed E-state index contributed by atoms with van der Waals surface area (Å²) in [4.78, 5) is 26.3. The highest BCUT2D eigenvalue weighted by atomic mass is 16.3. The van der Waals surface area contributed by atoms with Crippen molar-refractivity contribution in [3.63, 3.8) is 0 Å². The fourth-order valence-electron chi connectivity index (χ4n) is 2.93. The molecule has 2 atom stereocenters. The fraction of sp³-hybridized carbons (Fsp3) is 0.375. The van der Waals surface area contributed by atoms with Gasteiger partial charge in [-0.1, -0.05) is 19.1 Å². The second kappa shape index (κ2) is 5.33. The highest BCUT2D eigenvalue weighted by Gasteiger charge is 2.28. The molecule has 1 saturated heterocycles. The number of amides is 1. The minimum Gasteiger partial charge on any atom is -0.451 e. The van der Waals surface area contributed by atoms with E-state index in [1.807, 2.05) is 0 Å². The van der Waals surface area contributed by atoms with E-state index in [2.05, 4.69) is 6.92 Å². The Morgan fingerprint density at radius 3 is 2.86 bits per heavy atom. The Morgan fingerprint density at radius 1 is 1.33 bits per heavy atom. The third-order valence-electron chi connectivity index (χ3n) is 3.82. The molecule has 1 amide bonds. The number of hydrogen-bond acceptors (Lipinski definition) is 4. The summed E-state index contributed by atoms with van der Waals surface area (Å²) in [6, 6.07) is 8.18. The van der Waals surface area contributed by atoms with Crippen LogP contribution in [0.1, 0.15) is 23.9 Å². The summed E-state index contributed by atoms with van der Waals surface area (Å²) in [5, 5.41) is 0.484. The molecule has 2 heterocycles. The number of carbonyl (C=O) groups is 1. The molecule has 1 aliphatic heterocycles. The summed E-state index contributed by atoms with van der Waals surface area (Å²) in [7, 11) is 0. The van der Waals surface area contributed by atoms with Crippen LogP contribution in [0, 0.1) is 5.92 Å². The third kappa shape index (κ3) is 2.69. The molecule has 5 heteroatoms. The second-order valence-electron chi connectivity index (χ2n) is 5.78. The van der Waals surface area contributed by atoms with Gasteiger partial charge in [-0.25, -0.2) is 0 Å². The monoisotopic (exact) mass is 286 g/mol. The predicted molar refractivity (Wildman–Crippen MR) is 80.1 cm³/mol. The molecular weight excluding hydrogens is 268 g/mol. The standard InChI is InChI=1S/C16H18N2O3/c1-10-6-11(17)9-18(8-10)16(20)15-7-13(19)12-4-2-3-5-14(12)21-15/h2-5,7,10-11H,6,8-9,17H2,1H3. The number of likely N-dealkylation sites (tertiary alicyclic amines) is 1. The van der Waals surface area contributed by atoms with E-state index in [0.717, 1.165) is 6.42 Å². The zero-order chi connectivity index (χ0) is 15.0. The van der Waals surface area contributed by atoms with Crippen LogP contribution >= 0.6 is 0 Å². The summed E-state index contributed by atoms with van der Waals surface area (Å²) < 4.78 is 5.60. The first-order chi connectivity index (χ1) is 10.0. The quantitative estimate of drug-likeness (QED) is 0.864. The first-order valence-electron chi connectivity index (χ1n) is 7.12. The Bertz CT molecular complexity index is 728. The molecule has 0 radical (unpaired) electrons. The highest BCUT2D eigenvalue weighted by Crippen LogP contribution is 2.19.